The Morgan fingerprint density at radius 2 is 1.87 bits per heavy atom. The lowest BCUT2D eigenvalue weighted by molar-refractivity contribution is 0.0697. The molecule has 0 aliphatic carbocycles. The second-order valence-corrected chi connectivity index (χ2v) is 9.23. The van der Waals surface area contributed by atoms with Crippen LogP contribution in [0.25, 0.3) is 22.5 Å². The highest BCUT2D eigenvalue weighted by Crippen LogP contribution is 2.30. The molecule has 1 fully saturated rings. The zero-order valence-electron chi connectivity index (χ0n) is 16.4. The van der Waals surface area contributed by atoms with E-state index in [2.05, 4.69) is 15.3 Å². The Hall–Kier alpha value is -3.17. The fourth-order valence-electron chi connectivity index (χ4n) is 3.54. The number of pyridine rings is 1. The Morgan fingerprint density at radius 3 is 2.57 bits per heavy atom. The molecule has 9 heteroatoms. The highest BCUT2D eigenvalue weighted by molar-refractivity contribution is 7.90. The number of sulfone groups is 1. The van der Waals surface area contributed by atoms with Crippen molar-refractivity contribution in [2.45, 2.75) is 4.90 Å². The normalized spacial score (nSPS) is 14.6. The van der Waals surface area contributed by atoms with Crippen LogP contribution in [0, 0.1) is 0 Å². The van der Waals surface area contributed by atoms with Gasteiger partial charge in [-0.15, -0.1) is 0 Å². The number of carboxylic acid groups (broad SMARTS) is 1. The minimum Gasteiger partial charge on any atom is -0.478 e. The second-order valence-electron chi connectivity index (χ2n) is 7.22. The van der Waals surface area contributed by atoms with E-state index in [-0.39, 0.29) is 10.5 Å². The summed E-state index contributed by atoms with van der Waals surface area (Å²) in [5, 5.41) is 12.9. The summed E-state index contributed by atoms with van der Waals surface area (Å²) >= 11 is 0. The van der Waals surface area contributed by atoms with Gasteiger partial charge >= 0.3 is 5.97 Å². The highest BCUT2D eigenvalue weighted by atomic mass is 32.2. The molecular formula is C21H22N4O4S. The second kappa shape index (κ2) is 7.92. The molecule has 3 aromatic rings. The Morgan fingerprint density at radius 1 is 1.10 bits per heavy atom. The van der Waals surface area contributed by atoms with Crippen LogP contribution in [-0.2, 0) is 9.84 Å². The summed E-state index contributed by atoms with van der Waals surface area (Å²) in [6.07, 6.45) is 2.80. The number of nitrogens with one attached hydrogen (secondary N) is 2. The molecule has 1 aliphatic heterocycles. The maximum Gasteiger partial charge on any atom is 0.339 e. The first-order chi connectivity index (χ1) is 14.3. The number of rotatable bonds is 5. The van der Waals surface area contributed by atoms with E-state index in [0.29, 0.717) is 22.8 Å². The summed E-state index contributed by atoms with van der Waals surface area (Å²) in [5.41, 5.74) is 2.95. The van der Waals surface area contributed by atoms with E-state index >= 15 is 0 Å². The Balaban J connectivity index is 1.73. The smallest absolute Gasteiger partial charge is 0.339 e. The molecular weight excluding hydrogens is 404 g/mol. The largest absolute Gasteiger partial charge is 0.478 e. The minimum atomic E-state index is -3.33. The number of aromatic nitrogens is 2. The molecule has 4 rings (SSSR count). The number of H-pyrrole nitrogens is 1. The molecule has 2 aromatic heterocycles. The number of hydrogen-bond acceptors (Lipinski definition) is 6. The van der Waals surface area contributed by atoms with Crippen LogP contribution in [0.1, 0.15) is 10.4 Å². The van der Waals surface area contributed by atoms with Gasteiger partial charge in [0.2, 0.25) is 0 Å². The highest BCUT2D eigenvalue weighted by Gasteiger charge is 2.22. The molecule has 30 heavy (non-hydrogen) atoms. The quantitative estimate of drug-likeness (QED) is 0.573. The summed E-state index contributed by atoms with van der Waals surface area (Å²) in [6.45, 7) is 3.03. The third-order valence-electron chi connectivity index (χ3n) is 5.09. The molecule has 3 heterocycles. The molecule has 0 amide bonds. The summed E-state index contributed by atoms with van der Waals surface area (Å²) < 4.78 is 23.7. The zero-order chi connectivity index (χ0) is 21.3. The van der Waals surface area contributed by atoms with Crippen molar-refractivity contribution in [3.63, 3.8) is 0 Å². The topological polar surface area (TPSA) is 115 Å². The van der Waals surface area contributed by atoms with Gasteiger partial charge < -0.3 is 20.3 Å². The van der Waals surface area contributed by atoms with E-state index in [1.54, 1.807) is 42.6 Å². The number of nitrogens with zero attached hydrogens (tertiary/aromatic N) is 2. The van der Waals surface area contributed by atoms with E-state index in [0.717, 1.165) is 31.7 Å². The number of piperazine rings is 1. The van der Waals surface area contributed by atoms with Crippen molar-refractivity contribution < 1.29 is 18.3 Å². The van der Waals surface area contributed by atoms with Gasteiger partial charge in [0.25, 0.3) is 0 Å². The van der Waals surface area contributed by atoms with Gasteiger partial charge in [-0.3, -0.25) is 4.98 Å². The number of benzene rings is 1. The summed E-state index contributed by atoms with van der Waals surface area (Å²) in [4.78, 5) is 21.7. The predicted molar refractivity (Wildman–Crippen MR) is 115 cm³/mol. The Kier molecular flexibility index (Phi) is 5.31. The number of carboxylic acids is 1. The van der Waals surface area contributed by atoms with Crippen LogP contribution < -0.4 is 10.2 Å². The van der Waals surface area contributed by atoms with Crippen molar-refractivity contribution in [2.75, 3.05) is 37.3 Å². The molecule has 1 aromatic carbocycles. The third-order valence-corrected chi connectivity index (χ3v) is 6.20. The van der Waals surface area contributed by atoms with Gasteiger partial charge in [-0.2, -0.15) is 0 Å². The molecule has 0 atom stereocenters. The van der Waals surface area contributed by atoms with Crippen LogP contribution in [0.4, 0.5) is 5.82 Å². The van der Waals surface area contributed by atoms with Gasteiger partial charge in [0.1, 0.15) is 11.4 Å². The van der Waals surface area contributed by atoms with E-state index in [9.17, 15) is 18.3 Å². The molecule has 1 saturated heterocycles. The standard InChI is InChI=1S/C21H22N4O4S/c1-30(28,29)16-4-2-3-14(11-16)18-12-15(5-6-23-18)19-13-17(21(26)27)20(24-19)25-9-7-22-8-10-25/h2-6,11-13,22,24H,7-10H2,1H3,(H,26,27). The Labute approximate surface area is 174 Å². The summed E-state index contributed by atoms with van der Waals surface area (Å²) in [6, 6.07) is 11.9. The van der Waals surface area contributed by atoms with Crippen molar-refractivity contribution >= 4 is 21.6 Å². The fraction of sp³-hybridized carbons (Fsp3) is 0.238. The van der Waals surface area contributed by atoms with Crippen molar-refractivity contribution in [1.82, 2.24) is 15.3 Å². The van der Waals surface area contributed by atoms with E-state index in [4.69, 9.17) is 0 Å². The number of aromatic amines is 1. The SMILES string of the molecule is CS(=O)(=O)c1cccc(-c2cc(-c3cc(C(=O)O)c(N4CCNCC4)[nH]3)ccn2)c1. The first-order valence-electron chi connectivity index (χ1n) is 9.52. The van der Waals surface area contributed by atoms with Gasteiger partial charge in [-0.25, -0.2) is 13.2 Å². The minimum absolute atomic E-state index is 0.223. The zero-order valence-corrected chi connectivity index (χ0v) is 17.2. The van der Waals surface area contributed by atoms with E-state index in [1.165, 1.54) is 6.26 Å². The number of anilines is 1. The molecule has 1 aliphatic rings. The molecule has 156 valence electrons. The molecule has 0 unspecified atom stereocenters. The number of aromatic carboxylic acids is 1. The van der Waals surface area contributed by atoms with Crippen LogP contribution in [0.2, 0.25) is 0 Å². The van der Waals surface area contributed by atoms with E-state index in [1.807, 2.05) is 11.0 Å². The first kappa shape index (κ1) is 20.1. The maximum absolute atomic E-state index is 11.9. The maximum atomic E-state index is 11.9. The lowest BCUT2D eigenvalue weighted by atomic mass is 10.1. The number of carbonyl (C=O) groups is 1. The van der Waals surface area contributed by atoms with Crippen molar-refractivity contribution in [1.29, 1.82) is 0 Å². The summed E-state index contributed by atoms with van der Waals surface area (Å²) in [5.74, 6) is -0.391. The van der Waals surface area contributed by atoms with Crippen molar-refractivity contribution in [3.8, 4) is 22.5 Å². The average molecular weight is 426 g/mol. The molecule has 0 radical (unpaired) electrons. The number of hydrogen-bond donors (Lipinski definition) is 3. The van der Waals surface area contributed by atoms with Crippen LogP contribution in [0.5, 0.6) is 0 Å². The average Bonchev–Trinajstić information content (AvgIpc) is 3.20. The van der Waals surface area contributed by atoms with Gasteiger partial charge in [-0.05, 0) is 30.3 Å². The van der Waals surface area contributed by atoms with Gasteiger partial charge in [0, 0.05) is 55.5 Å². The third kappa shape index (κ3) is 4.07. The lowest BCUT2D eigenvalue weighted by Crippen LogP contribution is -2.44. The molecule has 0 spiro atoms. The molecule has 0 saturated carbocycles. The molecule has 3 N–H and O–H groups in total. The first-order valence-corrected chi connectivity index (χ1v) is 11.4. The monoisotopic (exact) mass is 426 g/mol. The lowest BCUT2D eigenvalue weighted by Gasteiger charge is -2.28. The van der Waals surface area contributed by atoms with Gasteiger partial charge in [0.05, 0.1) is 10.6 Å². The molecule has 8 nitrogen and oxygen atoms in total. The van der Waals surface area contributed by atoms with Crippen molar-refractivity contribution in [3.05, 3.63) is 54.2 Å². The van der Waals surface area contributed by atoms with E-state index < -0.39 is 15.8 Å². The van der Waals surface area contributed by atoms with Crippen LogP contribution in [0.3, 0.4) is 0 Å². The fourth-order valence-corrected chi connectivity index (χ4v) is 4.21. The Bertz CT molecular complexity index is 1200. The van der Waals surface area contributed by atoms with Crippen LogP contribution in [-0.4, -0.2) is 61.9 Å². The molecule has 0 bridgehead atoms. The summed E-state index contributed by atoms with van der Waals surface area (Å²) in [7, 11) is -3.33. The van der Waals surface area contributed by atoms with Crippen LogP contribution >= 0.6 is 0 Å². The van der Waals surface area contributed by atoms with Gasteiger partial charge in [0.15, 0.2) is 9.84 Å². The predicted octanol–water partition coefficient (Wildman–Crippen LogP) is 2.25. The van der Waals surface area contributed by atoms with Crippen LogP contribution in [0.15, 0.2) is 53.6 Å². The van der Waals surface area contributed by atoms with Crippen molar-refractivity contribution in [2.24, 2.45) is 0 Å². The van der Waals surface area contributed by atoms with Gasteiger partial charge in [-0.1, -0.05) is 12.1 Å².